The molecule has 0 unspecified atom stereocenters. The summed E-state index contributed by atoms with van der Waals surface area (Å²) in [5, 5.41) is 0. The Morgan fingerprint density at radius 3 is 1.13 bits per heavy atom. The summed E-state index contributed by atoms with van der Waals surface area (Å²) in [6, 6.07) is 17.7. The molecule has 3 heteroatoms. The highest BCUT2D eigenvalue weighted by Gasteiger charge is 1.99. The maximum atomic E-state index is 2.22. The van der Waals surface area contributed by atoms with Gasteiger partial charge in [0.05, 0.1) is 0 Å². The molecule has 2 aromatic carbocycles. The molecule has 2 aromatic rings. The van der Waals surface area contributed by atoms with Crippen LogP contribution >= 0.6 is 35.3 Å². The van der Waals surface area contributed by atoms with Crippen LogP contribution in [0.4, 0.5) is 0 Å². The second-order valence-corrected chi connectivity index (χ2v) is 7.13. The van der Waals surface area contributed by atoms with Gasteiger partial charge >= 0.3 is 0 Å². The van der Waals surface area contributed by atoms with Crippen LogP contribution in [-0.2, 0) is 11.5 Å². The zero-order valence-electron chi connectivity index (χ0n) is 11.3. The van der Waals surface area contributed by atoms with Crippen molar-refractivity contribution in [2.24, 2.45) is 0 Å². The maximum Gasteiger partial charge on any atom is 0.0181 e. The van der Waals surface area contributed by atoms with Crippen LogP contribution in [0.2, 0.25) is 0 Å². The number of rotatable bonds is 6. The molecule has 0 fully saturated rings. The van der Waals surface area contributed by atoms with Gasteiger partial charge < -0.3 is 0 Å². The molecule has 0 amide bonds. The Labute approximate surface area is 158 Å². The lowest BCUT2D eigenvalue weighted by Gasteiger charge is -2.05. The first-order valence-corrected chi connectivity index (χ1v) is 9.76. The zero-order chi connectivity index (χ0) is 13.5. The average Bonchev–Trinajstić information content (AvgIpc) is 2.44. The van der Waals surface area contributed by atoms with Crippen molar-refractivity contribution in [3.63, 3.8) is 0 Å². The largest absolute Gasteiger partial charge is 0.161 e. The van der Waals surface area contributed by atoms with E-state index in [4.69, 9.17) is 0 Å². The number of hydrogen-bond acceptors (Lipinski definition) is 3. The summed E-state index contributed by atoms with van der Waals surface area (Å²) < 4.78 is 0. The van der Waals surface area contributed by atoms with E-state index in [9.17, 15) is 0 Å². The molecule has 132 valence electrons. The average molecular weight is 371 g/mol. The fraction of sp³-hybridized carbons (Fsp3) is 0.400. The van der Waals surface area contributed by atoms with Gasteiger partial charge in [0.2, 0.25) is 0 Å². The first-order valence-electron chi connectivity index (χ1n) is 6.15. The van der Waals surface area contributed by atoms with Crippen LogP contribution in [-0.4, -0.2) is 12.5 Å². The van der Waals surface area contributed by atoms with Crippen molar-refractivity contribution >= 4 is 35.3 Å². The van der Waals surface area contributed by atoms with Gasteiger partial charge in [-0.2, -0.15) is 23.5 Å². The fourth-order valence-electron chi connectivity index (χ4n) is 1.78. The Hall–Kier alpha value is -0.510. The minimum Gasteiger partial charge on any atom is -0.161 e. The van der Waals surface area contributed by atoms with Crippen molar-refractivity contribution in [2.75, 3.05) is 12.5 Å². The summed E-state index contributed by atoms with van der Waals surface area (Å²) in [6.45, 7) is 0. The minimum atomic E-state index is 0. The molecule has 0 saturated carbocycles. The SMILES string of the molecule is C.C.C.C.CSCc1ccc(Sc2ccc(CSC)cc2)cc1. The Morgan fingerprint density at radius 1 is 0.565 bits per heavy atom. The van der Waals surface area contributed by atoms with E-state index in [2.05, 4.69) is 61.0 Å². The van der Waals surface area contributed by atoms with Gasteiger partial charge in [-0.05, 0) is 47.9 Å². The second-order valence-electron chi connectivity index (χ2n) is 4.26. The van der Waals surface area contributed by atoms with Crippen LogP contribution in [0.3, 0.4) is 0 Å². The predicted octanol–water partition coefficient (Wildman–Crippen LogP) is 8.11. The second kappa shape index (κ2) is 15.0. The molecule has 0 spiro atoms. The smallest absolute Gasteiger partial charge is 0.0181 e. The van der Waals surface area contributed by atoms with E-state index in [0.29, 0.717) is 0 Å². The monoisotopic (exact) mass is 370 g/mol. The molecule has 0 radical (unpaired) electrons. The molecule has 2 rings (SSSR count). The first kappa shape index (κ1) is 27.3. The van der Waals surface area contributed by atoms with E-state index in [1.165, 1.54) is 20.9 Å². The molecule has 0 aromatic heterocycles. The third kappa shape index (κ3) is 9.39. The maximum absolute atomic E-state index is 2.22. The van der Waals surface area contributed by atoms with Crippen LogP contribution in [0.15, 0.2) is 58.3 Å². The number of thioether (sulfide) groups is 2. The Morgan fingerprint density at radius 2 is 0.870 bits per heavy atom. The van der Waals surface area contributed by atoms with Gasteiger partial charge in [0.15, 0.2) is 0 Å². The molecule has 0 nitrogen and oxygen atoms in total. The van der Waals surface area contributed by atoms with Crippen LogP contribution in [0, 0.1) is 0 Å². The Kier molecular flexibility index (Phi) is 17.9. The minimum absolute atomic E-state index is 0. The number of hydrogen-bond donors (Lipinski definition) is 0. The standard InChI is InChI=1S/C16H18S3.4CH4/c1-17-11-13-3-7-15(8-4-13)19-16-9-5-14(6-10-16)12-18-2;;;;/h3-10H,11-12H2,1-2H3;4*1H4. The third-order valence-electron chi connectivity index (χ3n) is 2.70. The molecule has 23 heavy (non-hydrogen) atoms. The van der Waals surface area contributed by atoms with Crippen LogP contribution < -0.4 is 0 Å². The zero-order valence-corrected chi connectivity index (χ0v) is 13.7. The first-order chi connectivity index (χ1) is 9.31. The van der Waals surface area contributed by atoms with Gasteiger partial charge in [-0.15, -0.1) is 0 Å². The van der Waals surface area contributed by atoms with Gasteiger partial charge in [0.25, 0.3) is 0 Å². The molecule has 0 aliphatic heterocycles. The molecule has 0 aliphatic carbocycles. The van der Waals surface area contributed by atoms with E-state index < -0.39 is 0 Å². The fourth-order valence-corrected chi connectivity index (χ4v) is 3.64. The van der Waals surface area contributed by atoms with E-state index in [-0.39, 0.29) is 29.7 Å². The Bertz CT molecular complexity index is 442. The van der Waals surface area contributed by atoms with E-state index in [1.54, 1.807) is 0 Å². The van der Waals surface area contributed by atoms with Crippen molar-refractivity contribution < 1.29 is 0 Å². The van der Waals surface area contributed by atoms with E-state index in [0.717, 1.165) is 11.5 Å². The lowest BCUT2D eigenvalue weighted by molar-refractivity contribution is 1.32. The van der Waals surface area contributed by atoms with Gasteiger partial charge in [-0.3, -0.25) is 0 Å². The van der Waals surface area contributed by atoms with Crippen molar-refractivity contribution in [3.05, 3.63) is 59.7 Å². The van der Waals surface area contributed by atoms with Crippen LogP contribution in [0.5, 0.6) is 0 Å². The summed E-state index contributed by atoms with van der Waals surface area (Å²) in [4.78, 5) is 2.62. The molecular weight excluding hydrogens is 336 g/mol. The highest BCUT2D eigenvalue weighted by Crippen LogP contribution is 2.28. The van der Waals surface area contributed by atoms with Crippen LogP contribution in [0.1, 0.15) is 40.8 Å². The highest BCUT2D eigenvalue weighted by atomic mass is 32.2. The lowest BCUT2D eigenvalue weighted by atomic mass is 10.2. The molecule has 0 aliphatic rings. The third-order valence-corrected chi connectivity index (χ3v) is 4.96. The van der Waals surface area contributed by atoms with Gasteiger partial charge in [-0.25, -0.2) is 0 Å². The van der Waals surface area contributed by atoms with Crippen molar-refractivity contribution in [1.29, 1.82) is 0 Å². The van der Waals surface area contributed by atoms with Crippen molar-refractivity contribution in [3.8, 4) is 0 Å². The van der Waals surface area contributed by atoms with E-state index >= 15 is 0 Å². The predicted molar refractivity (Wildman–Crippen MR) is 118 cm³/mol. The molecular formula is C20H34S3. The number of benzene rings is 2. The van der Waals surface area contributed by atoms with Gasteiger partial charge in [0.1, 0.15) is 0 Å². The highest BCUT2D eigenvalue weighted by molar-refractivity contribution is 7.99. The van der Waals surface area contributed by atoms with Crippen molar-refractivity contribution in [1.82, 2.24) is 0 Å². The van der Waals surface area contributed by atoms with Gasteiger partial charge in [0, 0.05) is 21.3 Å². The normalized spacial score (nSPS) is 8.78. The molecule has 0 atom stereocenters. The summed E-state index contributed by atoms with van der Waals surface area (Å²) in [5.41, 5.74) is 2.79. The molecule has 0 heterocycles. The van der Waals surface area contributed by atoms with E-state index in [1.807, 2.05) is 35.3 Å². The summed E-state index contributed by atoms with van der Waals surface area (Å²) in [5.74, 6) is 2.18. The summed E-state index contributed by atoms with van der Waals surface area (Å²) in [7, 11) is 0. The lowest BCUT2D eigenvalue weighted by Crippen LogP contribution is -1.81. The topological polar surface area (TPSA) is 0 Å². The quantitative estimate of drug-likeness (QED) is 0.504. The molecule has 0 bridgehead atoms. The molecule has 0 N–H and O–H groups in total. The summed E-state index contributed by atoms with van der Waals surface area (Å²) >= 11 is 5.55. The molecule has 0 saturated heterocycles. The van der Waals surface area contributed by atoms with Crippen LogP contribution in [0.25, 0.3) is 0 Å². The van der Waals surface area contributed by atoms with Crippen molar-refractivity contribution in [2.45, 2.75) is 51.0 Å². The summed E-state index contributed by atoms with van der Waals surface area (Å²) in [6.07, 6.45) is 4.28. The Balaban J connectivity index is -0.000001000. The van der Waals surface area contributed by atoms with Gasteiger partial charge in [-0.1, -0.05) is 65.7 Å².